The number of hydrogen-bond acceptors (Lipinski definition) is 5. The molecule has 7 heteroatoms. The van der Waals surface area contributed by atoms with Crippen molar-refractivity contribution in [1.29, 1.82) is 0 Å². The first-order chi connectivity index (χ1) is 12.7. The average Bonchev–Trinajstić information content (AvgIpc) is 3.09. The molecule has 0 amide bonds. The first-order valence-electron chi connectivity index (χ1n) is 8.78. The second-order valence-electron chi connectivity index (χ2n) is 5.71. The van der Waals surface area contributed by atoms with E-state index in [2.05, 4.69) is 34.6 Å². The first-order valence-corrected chi connectivity index (χ1v) is 8.78. The molecule has 2 rings (SSSR count). The average molecular weight is 360 g/mol. The van der Waals surface area contributed by atoms with Crippen molar-refractivity contribution >= 4 is 5.96 Å². The molecule has 0 bridgehead atoms. The summed E-state index contributed by atoms with van der Waals surface area (Å²) >= 11 is 0. The zero-order chi connectivity index (χ0) is 18.9. The predicted molar refractivity (Wildman–Crippen MR) is 102 cm³/mol. The van der Waals surface area contributed by atoms with E-state index in [0.29, 0.717) is 30.5 Å². The minimum absolute atomic E-state index is 0.616. The van der Waals surface area contributed by atoms with Crippen molar-refractivity contribution in [2.75, 3.05) is 21.3 Å². The van der Waals surface area contributed by atoms with Crippen LogP contribution in [0.3, 0.4) is 0 Å². The van der Waals surface area contributed by atoms with E-state index >= 15 is 0 Å². The largest absolute Gasteiger partial charge is 0.493 e. The van der Waals surface area contributed by atoms with Crippen LogP contribution in [-0.4, -0.2) is 32.4 Å². The summed E-state index contributed by atoms with van der Waals surface area (Å²) in [4.78, 5) is 4.28. The summed E-state index contributed by atoms with van der Waals surface area (Å²) in [5, 5.41) is 10.8. The zero-order valence-corrected chi connectivity index (χ0v) is 16.2. The third-order valence-corrected chi connectivity index (χ3v) is 4.17. The van der Waals surface area contributed by atoms with Gasteiger partial charge < -0.3 is 24.6 Å². The lowest BCUT2D eigenvalue weighted by atomic mass is 10.1. The number of benzene rings is 1. The van der Waals surface area contributed by atoms with Gasteiger partial charge in [-0.2, -0.15) is 0 Å². The minimum atomic E-state index is 0.616. The Balaban J connectivity index is 1.97. The molecule has 2 N–H and O–H groups in total. The van der Waals surface area contributed by atoms with Crippen molar-refractivity contribution in [3.8, 4) is 11.5 Å². The number of methoxy groups -OCH3 is 2. The van der Waals surface area contributed by atoms with Crippen molar-refractivity contribution in [3.63, 3.8) is 0 Å². The van der Waals surface area contributed by atoms with Gasteiger partial charge in [0.25, 0.3) is 0 Å². The number of hydrogen-bond donors (Lipinski definition) is 2. The summed E-state index contributed by atoms with van der Waals surface area (Å²) in [7, 11) is 5.01. The topological polar surface area (TPSA) is 80.9 Å². The summed E-state index contributed by atoms with van der Waals surface area (Å²) < 4.78 is 16.0. The molecule has 0 aliphatic carbocycles. The molecule has 7 nitrogen and oxygen atoms in total. The molecule has 26 heavy (non-hydrogen) atoms. The van der Waals surface area contributed by atoms with Gasteiger partial charge in [-0.25, -0.2) is 0 Å². The van der Waals surface area contributed by atoms with Crippen molar-refractivity contribution in [3.05, 3.63) is 40.8 Å². The molecule has 0 unspecified atom stereocenters. The molecular formula is C19H28N4O3. The number of nitrogens with zero attached hydrogens (tertiary/aromatic N) is 2. The number of guanidine groups is 1. The van der Waals surface area contributed by atoms with E-state index < -0.39 is 0 Å². The molecule has 0 saturated heterocycles. The highest BCUT2D eigenvalue weighted by Crippen LogP contribution is 2.27. The maximum Gasteiger partial charge on any atom is 0.191 e. The van der Waals surface area contributed by atoms with Crippen LogP contribution in [0.5, 0.6) is 11.5 Å². The van der Waals surface area contributed by atoms with Crippen LogP contribution in [0.1, 0.15) is 36.4 Å². The molecule has 0 fully saturated rings. The van der Waals surface area contributed by atoms with Crippen LogP contribution in [-0.2, 0) is 25.9 Å². The van der Waals surface area contributed by atoms with Gasteiger partial charge in [0, 0.05) is 32.1 Å². The van der Waals surface area contributed by atoms with E-state index in [9.17, 15) is 0 Å². The molecule has 1 heterocycles. The normalized spacial score (nSPS) is 11.3. The quantitative estimate of drug-likeness (QED) is 0.556. The number of rotatable bonds is 8. The molecule has 0 radical (unpaired) electrons. The van der Waals surface area contributed by atoms with Crippen LogP contribution in [0.4, 0.5) is 0 Å². The molecule has 0 atom stereocenters. The Labute approximate surface area is 154 Å². The van der Waals surface area contributed by atoms with Gasteiger partial charge in [-0.15, -0.1) is 0 Å². The van der Waals surface area contributed by atoms with E-state index in [1.165, 1.54) is 0 Å². The van der Waals surface area contributed by atoms with Crippen LogP contribution in [0.15, 0.2) is 27.7 Å². The lowest BCUT2D eigenvalue weighted by Gasteiger charge is -2.13. The van der Waals surface area contributed by atoms with Gasteiger partial charge in [-0.1, -0.05) is 25.1 Å². The van der Waals surface area contributed by atoms with E-state index in [0.717, 1.165) is 35.4 Å². The maximum atomic E-state index is 5.40. The van der Waals surface area contributed by atoms with Crippen LogP contribution in [0.25, 0.3) is 0 Å². The number of nitrogens with one attached hydrogen (secondary N) is 2. The standard InChI is InChI=1S/C19H28N4O3/c1-6-15-14(16(7-2)26-23-15)12-22-19(20-3)21-11-13-8-9-17(24-4)18(10-13)25-5/h8-10H,6-7,11-12H2,1-5H3,(H2,20,21,22). The third-order valence-electron chi connectivity index (χ3n) is 4.17. The SMILES string of the molecule is CCc1noc(CC)c1CNC(=NC)NCc1ccc(OC)c(OC)c1. The summed E-state index contributed by atoms with van der Waals surface area (Å²) in [6.07, 6.45) is 1.67. The first kappa shape index (κ1) is 19.6. The molecule has 142 valence electrons. The van der Waals surface area contributed by atoms with Gasteiger partial charge in [0.1, 0.15) is 5.76 Å². The second kappa shape index (κ2) is 9.70. The summed E-state index contributed by atoms with van der Waals surface area (Å²) in [6, 6.07) is 5.83. The van der Waals surface area contributed by atoms with Crippen molar-refractivity contribution < 1.29 is 14.0 Å². The zero-order valence-electron chi connectivity index (χ0n) is 16.2. The predicted octanol–water partition coefficient (Wildman–Crippen LogP) is 2.68. The monoisotopic (exact) mass is 360 g/mol. The fourth-order valence-electron chi connectivity index (χ4n) is 2.71. The van der Waals surface area contributed by atoms with E-state index in [1.807, 2.05) is 18.2 Å². The van der Waals surface area contributed by atoms with Crippen LogP contribution >= 0.6 is 0 Å². The van der Waals surface area contributed by atoms with Gasteiger partial charge in [0.2, 0.25) is 0 Å². The highest BCUT2D eigenvalue weighted by molar-refractivity contribution is 5.79. The highest BCUT2D eigenvalue weighted by atomic mass is 16.5. The summed E-state index contributed by atoms with van der Waals surface area (Å²) in [5.74, 6) is 3.06. The summed E-state index contributed by atoms with van der Waals surface area (Å²) in [6.45, 7) is 5.38. The smallest absolute Gasteiger partial charge is 0.191 e. The molecule has 0 spiro atoms. The Morgan fingerprint density at radius 3 is 2.42 bits per heavy atom. The number of ether oxygens (including phenoxy) is 2. The molecule has 1 aromatic carbocycles. The van der Waals surface area contributed by atoms with Crippen molar-refractivity contribution in [2.45, 2.75) is 39.8 Å². The van der Waals surface area contributed by atoms with E-state index in [4.69, 9.17) is 14.0 Å². The van der Waals surface area contributed by atoms with E-state index in [1.54, 1.807) is 21.3 Å². The van der Waals surface area contributed by atoms with Gasteiger partial charge in [0.05, 0.1) is 19.9 Å². The molecular weight excluding hydrogens is 332 g/mol. The number of aliphatic imine (C=N–C) groups is 1. The van der Waals surface area contributed by atoms with Crippen LogP contribution in [0.2, 0.25) is 0 Å². The summed E-state index contributed by atoms with van der Waals surface area (Å²) in [5.41, 5.74) is 3.17. The fraction of sp³-hybridized carbons (Fsp3) is 0.474. The van der Waals surface area contributed by atoms with Gasteiger partial charge in [0.15, 0.2) is 17.5 Å². The molecule has 0 saturated carbocycles. The van der Waals surface area contributed by atoms with Crippen LogP contribution in [0, 0.1) is 0 Å². The maximum absolute atomic E-state index is 5.40. The van der Waals surface area contributed by atoms with Gasteiger partial charge >= 0.3 is 0 Å². The minimum Gasteiger partial charge on any atom is -0.493 e. The number of aryl methyl sites for hydroxylation is 2. The molecule has 0 aliphatic rings. The molecule has 1 aromatic heterocycles. The Morgan fingerprint density at radius 2 is 1.81 bits per heavy atom. The Kier molecular flexibility index (Phi) is 7.32. The molecule has 0 aliphatic heterocycles. The lowest BCUT2D eigenvalue weighted by Crippen LogP contribution is -2.36. The Morgan fingerprint density at radius 1 is 1.08 bits per heavy atom. The fourth-order valence-corrected chi connectivity index (χ4v) is 2.71. The lowest BCUT2D eigenvalue weighted by molar-refractivity contribution is 0.354. The van der Waals surface area contributed by atoms with E-state index in [-0.39, 0.29) is 0 Å². The Bertz CT molecular complexity index is 719. The van der Waals surface area contributed by atoms with Gasteiger partial charge in [-0.05, 0) is 24.1 Å². The van der Waals surface area contributed by atoms with Gasteiger partial charge in [-0.3, -0.25) is 4.99 Å². The second-order valence-corrected chi connectivity index (χ2v) is 5.71. The Hall–Kier alpha value is -2.70. The highest BCUT2D eigenvalue weighted by Gasteiger charge is 2.13. The van der Waals surface area contributed by atoms with Crippen molar-refractivity contribution in [2.24, 2.45) is 4.99 Å². The number of aromatic nitrogens is 1. The molecule has 2 aromatic rings. The third kappa shape index (κ3) is 4.68. The van der Waals surface area contributed by atoms with Crippen LogP contribution < -0.4 is 20.1 Å². The van der Waals surface area contributed by atoms with Crippen molar-refractivity contribution in [1.82, 2.24) is 15.8 Å².